The summed E-state index contributed by atoms with van der Waals surface area (Å²) in [5, 5.41) is 2.86. The highest BCUT2D eigenvalue weighted by Gasteiger charge is 2.15. The molecule has 1 aromatic heterocycles. The molecule has 24 heavy (non-hydrogen) atoms. The van der Waals surface area contributed by atoms with Gasteiger partial charge in [-0.25, -0.2) is 4.98 Å². The van der Waals surface area contributed by atoms with E-state index >= 15 is 0 Å². The minimum Gasteiger partial charge on any atom is -0.439 e. The van der Waals surface area contributed by atoms with Gasteiger partial charge in [-0.3, -0.25) is 4.79 Å². The average molecular weight is 317 g/mol. The third kappa shape index (κ3) is 2.96. The van der Waals surface area contributed by atoms with Gasteiger partial charge in [0.1, 0.15) is 5.75 Å². The molecule has 0 unspecified atom stereocenters. The number of carbonyl (C=O) groups excluding carboxylic acids is 1. The Morgan fingerprint density at radius 3 is 2.75 bits per heavy atom. The molecule has 0 atom stereocenters. The molecule has 0 saturated carbocycles. The molecule has 1 aliphatic rings. The molecule has 0 fully saturated rings. The van der Waals surface area contributed by atoms with Crippen molar-refractivity contribution in [2.24, 2.45) is 0 Å². The molecule has 4 rings (SSSR count). The Labute approximate surface area is 139 Å². The Bertz CT molecular complexity index is 894. The predicted octanol–water partition coefficient (Wildman–Crippen LogP) is 3.82. The number of ether oxygens (including phenoxy) is 1. The van der Waals surface area contributed by atoms with Crippen LogP contribution in [0.5, 0.6) is 11.6 Å². The van der Waals surface area contributed by atoms with E-state index in [-0.39, 0.29) is 5.91 Å². The van der Waals surface area contributed by atoms with Gasteiger partial charge in [-0.2, -0.15) is 4.98 Å². The monoisotopic (exact) mass is 317 g/mol. The van der Waals surface area contributed by atoms with Crippen LogP contribution in [0.15, 0.2) is 60.8 Å². The molecule has 0 aliphatic carbocycles. The number of hydrogen-bond donors (Lipinski definition) is 1. The minimum absolute atomic E-state index is 0.0551. The lowest BCUT2D eigenvalue weighted by atomic mass is 10.0. The number of hydrogen-bond acceptors (Lipinski definition) is 4. The molecule has 2 aromatic carbocycles. The second kappa shape index (κ2) is 6.12. The zero-order chi connectivity index (χ0) is 16.4. The van der Waals surface area contributed by atoms with Gasteiger partial charge in [0.15, 0.2) is 5.82 Å². The Morgan fingerprint density at radius 2 is 1.88 bits per heavy atom. The van der Waals surface area contributed by atoms with E-state index in [0.717, 1.165) is 23.2 Å². The van der Waals surface area contributed by atoms with Crippen molar-refractivity contribution in [1.82, 2.24) is 9.97 Å². The second-order valence-corrected chi connectivity index (χ2v) is 5.55. The molecule has 5 heteroatoms. The van der Waals surface area contributed by atoms with Crippen LogP contribution in [0.2, 0.25) is 0 Å². The van der Waals surface area contributed by atoms with Crippen LogP contribution in [0.4, 0.5) is 5.69 Å². The summed E-state index contributed by atoms with van der Waals surface area (Å²) in [6, 6.07) is 17.1. The fourth-order valence-electron chi connectivity index (χ4n) is 2.67. The van der Waals surface area contributed by atoms with Crippen molar-refractivity contribution in [3.05, 3.63) is 66.4 Å². The minimum atomic E-state index is 0.0551. The summed E-state index contributed by atoms with van der Waals surface area (Å²) in [6.07, 6.45) is 2.91. The smallest absolute Gasteiger partial charge is 0.224 e. The van der Waals surface area contributed by atoms with Gasteiger partial charge < -0.3 is 10.1 Å². The molecule has 1 aliphatic heterocycles. The van der Waals surface area contributed by atoms with Crippen LogP contribution in [-0.4, -0.2) is 15.9 Å². The third-order valence-electron chi connectivity index (χ3n) is 3.86. The molecule has 0 spiro atoms. The van der Waals surface area contributed by atoms with E-state index in [2.05, 4.69) is 15.3 Å². The van der Waals surface area contributed by atoms with Gasteiger partial charge in [0.05, 0.1) is 0 Å². The number of carbonyl (C=O) groups is 1. The van der Waals surface area contributed by atoms with Crippen LogP contribution in [0.25, 0.3) is 11.4 Å². The summed E-state index contributed by atoms with van der Waals surface area (Å²) in [4.78, 5) is 20.2. The number of aryl methyl sites for hydroxylation is 1. The molecule has 3 aromatic rings. The quantitative estimate of drug-likeness (QED) is 0.797. The normalized spacial score (nSPS) is 13.1. The largest absolute Gasteiger partial charge is 0.439 e. The Balaban J connectivity index is 1.59. The SMILES string of the molecule is O=C1CCc2cc(Oc3ccnc(-c4ccccc4)n3)ccc2N1. The molecular weight excluding hydrogens is 302 g/mol. The van der Waals surface area contributed by atoms with Crippen LogP contribution in [0, 0.1) is 0 Å². The van der Waals surface area contributed by atoms with Crippen LogP contribution in [0.3, 0.4) is 0 Å². The van der Waals surface area contributed by atoms with E-state index in [1.807, 2.05) is 48.5 Å². The predicted molar refractivity (Wildman–Crippen MR) is 90.9 cm³/mol. The van der Waals surface area contributed by atoms with Crippen molar-refractivity contribution in [3.63, 3.8) is 0 Å². The molecule has 0 bridgehead atoms. The summed E-state index contributed by atoms with van der Waals surface area (Å²) in [7, 11) is 0. The van der Waals surface area contributed by atoms with Crippen molar-refractivity contribution >= 4 is 11.6 Å². The highest BCUT2D eigenvalue weighted by atomic mass is 16.5. The van der Waals surface area contributed by atoms with Crippen LogP contribution in [-0.2, 0) is 11.2 Å². The maximum absolute atomic E-state index is 11.4. The van der Waals surface area contributed by atoms with Gasteiger partial charge in [0.25, 0.3) is 0 Å². The van der Waals surface area contributed by atoms with Crippen molar-refractivity contribution < 1.29 is 9.53 Å². The van der Waals surface area contributed by atoms with Gasteiger partial charge in [0.2, 0.25) is 11.8 Å². The molecule has 0 radical (unpaired) electrons. The third-order valence-corrected chi connectivity index (χ3v) is 3.86. The fourth-order valence-corrected chi connectivity index (χ4v) is 2.67. The number of benzene rings is 2. The zero-order valence-corrected chi connectivity index (χ0v) is 12.9. The molecule has 2 heterocycles. The molecule has 5 nitrogen and oxygen atoms in total. The van der Waals surface area contributed by atoms with Crippen LogP contribution in [0.1, 0.15) is 12.0 Å². The first kappa shape index (κ1) is 14.4. The number of rotatable bonds is 3. The summed E-state index contributed by atoms with van der Waals surface area (Å²) in [5.41, 5.74) is 2.87. The van der Waals surface area contributed by atoms with E-state index in [1.165, 1.54) is 0 Å². The van der Waals surface area contributed by atoms with Crippen LogP contribution < -0.4 is 10.1 Å². The lowest BCUT2D eigenvalue weighted by Crippen LogP contribution is -2.18. The number of nitrogens with one attached hydrogen (secondary N) is 1. The van der Waals surface area contributed by atoms with E-state index in [9.17, 15) is 4.79 Å². The number of amides is 1. The number of fused-ring (bicyclic) bond motifs is 1. The van der Waals surface area contributed by atoms with Crippen molar-refractivity contribution in [2.45, 2.75) is 12.8 Å². The molecule has 1 amide bonds. The number of aromatic nitrogens is 2. The maximum Gasteiger partial charge on any atom is 0.224 e. The van der Waals surface area contributed by atoms with Crippen LogP contribution >= 0.6 is 0 Å². The fraction of sp³-hybridized carbons (Fsp3) is 0.105. The van der Waals surface area contributed by atoms with Crippen molar-refractivity contribution in [2.75, 3.05) is 5.32 Å². The highest BCUT2D eigenvalue weighted by Crippen LogP contribution is 2.29. The summed E-state index contributed by atoms with van der Waals surface area (Å²) in [6.45, 7) is 0. The van der Waals surface area contributed by atoms with E-state index in [0.29, 0.717) is 23.9 Å². The zero-order valence-electron chi connectivity index (χ0n) is 12.9. The van der Waals surface area contributed by atoms with Crippen molar-refractivity contribution in [3.8, 4) is 23.0 Å². The van der Waals surface area contributed by atoms with E-state index in [1.54, 1.807) is 12.3 Å². The lowest BCUT2D eigenvalue weighted by Gasteiger charge is -2.17. The van der Waals surface area contributed by atoms with E-state index in [4.69, 9.17) is 4.74 Å². The van der Waals surface area contributed by atoms with Gasteiger partial charge >= 0.3 is 0 Å². The summed E-state index contributed by atoms with van der Waals surface area (Å²) >= 11 is 0. The lowest BCUT2D eigenvalue weighted by molar-refractivity contribution is -0.116. The molecule has 118 valence electrons. The topological polar surface area (TPSA) is 64.1 Å². The molecule has 1 N–H and O–H groups in total. The Morgan fingerprint density at radius 1 is 1.00 bits per heavy atom. The average Bonchev–Trinajstić information content (AvgIpc) is 2.63. The molecular formula is C19H15N3O2. The first-order chi connectivity index (χ1) is 11.8. The number of nitrogens with zero attached hydrogens (tertiary/aromatic N) is 2. The number of anilines is 1. The van der Waals surface area contributed by atoms with Gasteiger partial charge in [-0.15, -0.1) is 0 Å². The summed E-state index contributed by atoms with van der Waals surface area (Å²) < 4.78 is 5.87. The molecule has 0 saturated heterocycles. The second-order valence-electron chi connectivity index (χ2n) is 5.55. The standard InChI is InChI=1S/C19H15N3O2/c23-17-9-6-14-12-15(7-8-16(14)21-17)24-18-10-11-20-19(22-18)13-4-2-1-3-5-13/h1-5,7-8,10-12H,6,9H2,(H,21,23). The maximum atomic E-state index is 11.4. The van der Waals surface area contributed by atoms with Gasteiger partial charge in [-0.05, 0) is 30.2 Å². The highest BCUT2D eigenvalue weighted by molar-refractivity contribution is 5.94. The van der Waals surface area contributed by atoms with Gasteiger partial charge in [-0.1, -0.05) is 30.3 Å². The Hall–Kier alpha value is -3.21. The van der Waals surface area contributed by atoms with Gasteiger partial charge in [0, 0.05) is 29.9 Å². The Kier molecular flexibility index (Phi) is 3.67. The first-order valence-corrected chi connectivity index (χ1v) is 7.77. The van der Waals surface area contributed by atoms with Crippen molar-refractivity contribution in [1.29, 1.82) is 0 Å². The van der Waals surface area contributed by atoms with E-state index < -0.39 is 0 Å². The first-order valence-electron chi connectivity index (χ1n) is 7.77. The summed E-state index contributed by atoms with van der Waals surface area (Å²) in [5.74, 6) is 1.86.